The van der Waals surface area contributed by atoms with E-state index in [4.69, 9.17) is 0 Å². The fourth-order valence-electron chi connectivity index (χ4n) is 3.99. The van der Waals surface area contributed by atoms with E-state index in [0.717, 1.165) is 12.3 Å². The second-order valence-corrected chi connectivity index (χ2v) is 7.55. The van der Waals surface area contributed by atoms with Gasteiger partial charge < -0.3 is 10.0 Å². The number of aromatic nitrogens is 3. The second-order valence-electron chi connectivity index (χ2n) is 7.55. The average Bonchev–Trinajstić information content (AvgIpc) is 3.10. The zero-order valence-electron chi connectivity index (χ0n) is 16.5. The molecule has 164 valence electrons. The van der Waals surface area contributed by atoms with Crippen molar-refractivity contribution in [3.8, 4) is 11.3 Å². The van der Waals surface area contributed by atoms with Gasteiger partial charge in [0.05, 0.1) is 29.1 Å². The van der Waals surface area contributed by atoms with Crippen molar-refractivity contribution < 1.29 is 23.1 Å². The molecule has 0 radical (unpaired) electrons. The highest BCUT2D eigenvalue weighted by molar-refractivity contribution is 6.04. The number of aliphatic hydroxyl groups is 1. The lowest BCUT2D eigenvalue weighted by Crippen LogP contribution is -2.51. The van der Waals surface area contributed by atoms with Gasteiger partial charge in [0.1, 0.15) is 5.82 Å². The Labute approximate surface area is 180 Å². The average molecular weight is 442 g/mol. The van der Waals surface area contributed by atoms with Crippen molar-refractivity contribution in [3.05, 3.63) is 60.6 Å². The molecule has 0 aliphatic carbocycles. The van der Waals surface area contributed by atoms with Gasteiger partial charge in [0.2, 0.25) is 0 Å². The molecular weight excluding hydrogens is 425 g/mol. The van der Waals surface area contributed by atoms with Crippen LogP contribution in [-0.4, -0.2) is 51.3 Å². The van der Waals surface area contributed by atoms with Crippen LogP contribution in [0.25, 0.3) is 11.3 Å². The van der Waals surface area contributed by atoms with E-state index in [1.807, 2.05) is 4.90 Å². The number of anilines is 3. The smallest absolute Gasteiger partial charge is 0.389 e. The summed E-state index contributed by atoms with van der Waals surface area (Å²) in [6.45, 7) is 0.729. The van der Waals surface area contributed by atoms with Crippen LogP contribution < -0.4 is 15.1 Å². The summed E-state index contributed by atoms with van der Waals surface area (Å²) in [6, 6.07) is 8.18. The number of nitrogens with one attached hydrogen (secondary N) is 1. The van der Waals surface area contributed by atoms with E-state index >= 15 is 0 Å². The number of urea groups is 1. The molecule has 11 heteroatoms. The minimum atomic E-state index is -4.54. The lowest BCUT2D eigenvalue weighted by atomic mass is 10.1. The van der Waals surface area contributed by atoms with E-state index < -0.39 is 29.9 Å². The number of hydrogen-bond acceptors (Lipinski definition) is 6. The van der Waals surface area contributed by atoms with E-state index in [2.05, 4.69) is 20.3 Å². The first-order valence-corrected chi connectivity index (χ1v) is 9.79. The Balaban J connectivity index is 1.56. The number of pyridine rings is 3. The summed E-state index contributed by atoms with van der Waals surface area (Å²) in [5, 5.41) is 13.2. The number of amides is 2. The zero-order chi connectivity index (χ0) is 22.5. The molecule has 0 spiro atoms. The first-order chi connectivity index (χ1) is 15.3. The molecule has 0 unspecified atom stereocenters. The molecule has 3 aromatic rings. The maximum Gasteiger partial charge on any atom is 0.417 e. The minimum Gasteiger partial charge on any atom is -0.389 e. The molecule has 8 nitrogen and oxygen atoms in total. The predicted octanol–water partition coefficient (Wildman–Crippen LogP) is 3.16. The number of carbonyl (C=O) groups is 1. The number of halogens is 3. The molecule has 2 amide bonds. The minimum absolute atomic E-state index is 0.168. The molecule has 2 bridgehead atoms. The van der Waals surface area contributed by atoms with Gasteiger partial charge in [-0.05, 0) is 30.3 Å². The number of alkyl halides is 3. The predicted molar refractivity (Wildman–Crippen MR) is 110 cm³/mol. The SMILES string of the molecule is O=C(Nc1ccccn1)N1c2nc(-c3cncc(C(F)(F)F)c3)ccc2N2C[C@@H](O)[C@H]1C2. The Kier molecular flexibility index (Phi) is 4.70. The fourth-order valence-corrected chi connectivity index (χ4v) is 3.99. The van der Waals surface area contributed by atoms with Crippen molar-refractivity contribution >= 4 is 23.4 Å². The molecule has 2 N–H and O–H groups in total. The van der Waals surface area contributed by atoms with E-state index in [0.29, 0.717) is 24.6 Å². The summed E-state index contributed by atoms with van der Waals surface area (Å²) in [7, 11) is 0. The highest BCUT2D eigenvalue weighted by atomic mass is 19.4. The molecule has 1 fully saturated rings. The van der Waals surface area contributed by atoms with Crippen LogP contribution in [0.15, 0.2) is 55.0 Å². The number of nitrogens with zero attached hydrogens (tertiary/aromatic N) is 5. The largest absolute Gasteiger partial charge is 0.417 e. The third kappa shape index (κ3) is 3.50. The third-order valence-corrected chi connectivity index (χ3v) is 5.49. The lowest BCUT2D eigenvalue weighted by molar-refractivity contribution is -0.137. The maximum atomic E-state index is 13.1. The maximum absolute atomic E-state index is 13.1. The molecule has 0 saturated carbocycles. The third-order valence-electron chi connectivity index (χ3n) is 5.49. The first-order valence-electron chi connectivity index (χ1n) is 9.79. The Morgan fingerprint density at radius 1 is 1.16 bits per heavy atom. The Morgan fingerprint density at radius 3 is 2.75 bits per heavy atom. The quantitative estimate of drug-likeness (QED) is 0.633. The summed E-state index contributed by atoms with van der Waals surface area (Å²) in [6.07, 6.45) is -1.78. The van der Waals surface area contributed by atoms with Gasteiger partial charge >= 0.3 is 12.2 Å². The van der Waals surface area contributed by atoms with Crippen LogP contribution in [0, 0.1) is 0 Å². The molecule has 5 rings (SSSR count). The molecular formula is C21H17F3N6O2. The standard InChI is InChI=1S/C21H17F3N6O2/c22-21(23,24)13-7-12(8-25-9-13)14-4-5-15-19(27-14)30(16-10-29(15)11-17(16)31)20(32)28-18-3-1-2-6-26-18/h1-9,16-17,31H,10-11H2,(H,26,28,32)/t16-,17-/m1/s1. The van der Waals surface area contributed by atoms with Crippen LogP contribution >= 0.6 is 0 Å². The number of carbonyl (C=O) groups excluding carboxylic acids is 1. The van der Waals surface area contributed by atoms with Crippen LogP contribution in [0.3, 0.4) is 0 Å². The van der Waals surface area contributed by atoms with Gasteiger partial charge in [-0.15, -0.1) is 0 Å². The summed E-state index contributed by atoms with van der Waals surface area (Å²) in [5.74, 6) is 0.577. The monoisotopic (exact) mass is 442 g/mol. The van der Waals surface area contributed by atoms with Crippen LogP contribution in [0.1, 0.15) is 5.56 Å². The van der Waals surface area contributed by atoms with Crippen molar-refractivity contribution in [1.29, 1.82) is 0 Å². The second kappa shape index (κ2) is 7.45. The number of hydrogen-bond donors (Lipinski definition) is 2. The molecule has 5 heterocycles. The van der Waals surface area contributed by atoms with Crippen molar-refractivity contribution in [1.82, 2.24) is 15.0 Å². The molecule has 32 heavy (non-hydrogen) atoms. The van der Waals surface area contributed by atoms with Gasteiger partial charge in [-0.1, -0.05) is 6.07 Å². The molecule has 2 atom stereocenters. The Bertz CT molecular complexity index is 1170. The summed E-state index contributed by atoms with van der Waals surface area (Å²) < 4.78 is 39.4. The first kappa shape index (κ1) is 20.2. The van der Waals surface area contributed by atoms with E-state index in [1.54, 1.807) is 30.3 Å². The van der Waals surface area contributed by atoms with Gasteiger partial charge in [-0.25, -0.2) is 14.8 Å². The molecule has 3 aromatic heterocycles. The Morgan fingerprint density at radius 2 is 2.00 bits per heavy atom. The van der Waals surface area contributed by atoms with Crippen molar-refractivity contribution in [3.63, 3.8) is 0 Å². The van der Waals surface area contributed by atoms with E-state index in [1.165, 1.54) is 17.3 Å². The number of fused-ring (bicyclic) bond motifs is 4. The highest BCUT2D eigenvalue weighted by Crippen LogP contribution is 2.41. The van der Waals surface area contributed by atoms with Crippen LogP contribution in [-0.2, 0) is 6.18 Å². The van der Waals surface area contributed by atoms with Gasteiger partial charge in [-0.2, -0.15) is 13.2 Å². The van der Waals surface area contributed by atoms with Gasteiger partial charge in [-0.3, -0.25) is 15.2 Å². The van der Waals surface area contributed by atoms with Crippen molar-refractivity contribution in [2.45, 2.75) is 18.3 Å². The summed E-state index contributed by atoms with van der Waals surface area (Å²) in [5.41, 5.74) is 0.118. The topological polar surface area (TPSA) is 94.5 Å². The molecule has 0 aromatic carbocycles. The van der Waals surface area contributed by atoms with Crippen LogP contribution in [0.2, 0.25) is 0 Å². The molecule has 2 aliphatic rings. The fraction of sp³-hybridized carbons (Fsp3) is 0.238. The molecule has 2 aliphatic heterocycles. The van der Waals surface area contributed by atoms with Gasteiger partial charge in [0.25, 0.3) is 0 Å². The van der Waals surface area contributed by atoms with E-state index in [9.17, 15) is 23.1 Å². The van der Waals surface area contributed by atoms with Gasteiger partial charge in [0.15, 0.2) is 5.82 Å². The summed E-state index contributed by atoms with van der Waals surface area (Å²) in [4.78, 5) is 28.7. The van der Waals surface area contributed by atoms with E-state index in [-0.39, 0.29) is 17.1 Å². The lowest BCUT2D eigenvalue weighted by Gasteiger charge is -2.36. The van der Waals surface area contributed by atoms with Crippen molar-refractivity contribution in [2.75, 3.05) is 28.2 Å². The van der Waals surface area contributed by atoms with Crippen LogP contribution in [0.5, 0.6) is 0 Å². The number of rotatable bonds is 2. The Hall–Kier alpha value is -3.73. The van der Waals surface area contributed by atoms with Crippen molar-refractivity contribution in [2.24, 2.45) is 0 Å². The number of aliphatic hydroxyl groups excluding tert-OH is 1. The van der Waals surface area contributed by atoms with Gasteiger partial charge in [0, 0.05) is 37.2 Å². The highest BCUT2D eigenvalue weighted by Gasteiger charge is 2.45. The summed E-state index contributed by atoms with van der Waals surface area (Å²) >= 11 is 0. The molecule has 1 saturated heterocycles. The normalized spacial score (nSPS) is 19.6. The van der Waals surface area contributed by atoms with Crippen LogP contribution in [0.4, 0.5) is 35.3 Å². The zero-order valence-corrected chi connectivity index (χ0v) is 16.5.